The summed E-state index contributed by atoms with van der Waals surface area (Å²) >= 11 is 0. The predicted octanol–water partition coefficient (Wildman–Crippen LogP) is 3.09. The van der Waals surface area contributed by atoms with Crippen molar-refractivity contribution in [3.8, 4) is 17.2 Å². The molecular weight excluding hydrogens is 424 g/mol. The van der Waals surface area contributed by atoms with Crippen LogP contribution in [0, 0.1) is 0 Å². The van der Waals surface area contributed by atoms with Crippen LogP contribution in [0.25, 0.3) is 5.76 Å². The number of ether oxygens (including phenoxy) is 3. The van der Waals surface area contributed by atoms with Crippen molar-refractivity contribution in [1.29, 1.82) is 0 Å². The zero-order chi connectivity index (χ0) is 24.1. The lowest BCUT2D eigenvalue weighted by molar-refractivity contribution is -0.140. The Labute approximate surface area is 194 Å². The van der Waals surface area contributed by atoms with Gasteiger partial charge in [0.1, 0.15) is 23.0 Å². The summed E-state index contributed by atoms with van der Waals surface area (Å²) in [5.74, 6) is -0.323. The quantitative estimate of drug-likeness (QED) is 0.354. The minimum Gasteiger partial charge on any atom is -0.507 e. The molecule has 1 saturated heterocycles. The fourth-order valence-corrected chi connectivity index (χ4v) is 4.02. The van der Waals surface area contributed by atoms with Gasteiger partial charge in [-0.3, -0.25) is 9.59 Å². The number of hydrogen-bond acceptors (Lipinski definition) is 7. The third-order valence-electron chi connectivity index (χ3n) is 5.64. The molecule has 8 heteroatoms. The number of nitrogens with zero attached hydrogens (tertiary/aromatic N) is 2. The molecule has 0 radical (unpaired) electrons. The van der Waals surface area contributed by atoms with Gasteiger partial charge in [0, 0.05) is 18.2 Å². The molecule has 1 unspecified atom stereocenters. The van der Waals surface area contributed by atoms with E-state index in [2.05, 4.69) is 0 Å². The van der Waals surface area contributed by atoms with Gasteiger partial charge in [-0.25, -0.2) is 0 Å². The standard InChI is InChI=1S/C25H30N2O6/c1-26(2)13-8-14-27-22(17-9-6-7-10-19(17)32-4)21(24(29)25(27)30)23(28)18-12-11-16(31-3)15-20(18)33-5/h6-7,9-12,15,22,28H,8,13-14H2,1-5H3. The normalized spacial score (nSPS) is 17.5. The van der Waals surface area contributed by atoms with Crippen LogP contribution in [-0.2, 0) is 9.59 Å². The molecule has 0 spiro atoms. The number of ketones is 1. The highest BCUT2D eigenvalue weighted by Gasteiger charge is 2.47. The molecule has 1 atom stereocenters. The van der Waals surface area contributed by atoms with Crippen LogP contribution in [0.5, 0.6) is 17.2 Å². The van der Waals surface area contributed by atoms with Gasteiger partial charge in [0.15, 0.2) is 0 Å². The molecule has 0 aromatic heterocycles. The number of aliphatic hydroxyl groups excluding tert-OH is 1. The molecule has 1 aliphatic heterocycles. The summed E-state index contributed by atoms with van der Waals surface area (Å²) in [5.41, 5.74) is 0.917. The van der Waals surface area contributed by atoms with Crippen LogP contribution in [0.4, 0.5) is 0 Å². The summed E-state index contributed by atoms with van der Waals surface area (Å²) in [6, 6.07) is 11.3. The Morgan fingerprint density at radius 1 is 1.00 bits per heavy atom. The van der Waals surface area contributed by atoms with E-state index in [0.29, 0.717) is 41.3 Å². The maximum absolute atomic E-state index is 13.2. The summed E-state index contributed by atoms with van der Waals surface area (Å²) in [5, 5.41) is 11.3. The summed E-state index contributed by atoms with van der Waals surface area (Å²) in [6.07, 6.45) is 0.664. The molecule has 8 nitrogen and oxygen atoms in total. The van der Waals surface area contributed by atoms with Crippen molar-refractivity contribution >= 4 is 17.4 Å². The van der Waals surface area contributed by atoms with Crippen molar-refractivity contribution in [2.45, 2.75) is 12.5 Å². The Morgan fingerprint density at radius 2 is 1.70 bits per heavy atom. The summed E-state index contributed by atoms with van der Waals surface area (Å²) in [6.45, 7) is 1.09. The minimum absolute atomic E-state index is 0.00202. The minimum atomic E-state index is -0.796. The monoisotopic (exact) mass is 454 g/mol. The largest absolute Gasteiger partial charge is 0.507 e. The number of likely N-dealkylation sites (tertiary alicyclic amines) is 1. The van der Waals surface area contributed by atoms with Crippen molar-refractivity contribution in [3.05, 3.63) is 59.2 Å². The maximum Gasteiger partial charge on any atom is 0.295 e. The first-order chi connectivity index (χ1) is 15.8. The molecule has 33 heavy (non-hydrogen) atoms. The molecule has 0 bridgehead atoms. The van der Waals surface area contributed by atoms with Gasteiger partial charge in [0.2, 0.25) is 0 Å². The number of carbonyl (C=O) groups excluding carboxylic acids is 2. The van der Waals surface area contributed by atoms with E-state index in [-0.39, 0.29) is 11.3 Å². The second-order valence-electron chi connectivity index (χ2n) is 7.96. The Hall–Kier alpha value is -3.52. The average molecular weight is 455 g/mol. The highest BCUT2D eigenvalue weighted by Crippen LogP contribution is 2.44. The zero-order valence-corrected chi connectivity index (χ0v) is 19.6. The van der Waals surface area contributed by atoms with Gasteiger partial charge in [-0.15, -0.1) is 0 Å². The Morgan fingerprint density at radius 3 is 2.33 bits per heavy atom. The van der Waals surface area contributed by atoms with Crippen LogP contribution in [-0.4, -0.2) is 75.1 Å². The predicted molar refractivity (Wildman–Crippen MR) is 125 cm³/mol. The van der Waals surface area contributed by atoms with E-state index in [9.17, 15) is 14.7 Å². The van der Waals surface area contributed by atoms with Gasteiger partial charge >= 0.3 is 0 Å². The fraction of sp³-hybridized carbons (Fsp3) is 0.360. The molecule has 3 rings (SSSR count). The molecule has 2 aromatic carbocycles. The van der Waals surface area contributed by atoms with Crippen LogP contribution < -0.4 is 14.2 Å². The number of aliphatic hydroxyl groups is 1. The van der Waals surface area contributed by atoms with Crippen LogP contribution in [0.1, 0.15) is 23.6 Å². The molecule has 1 heterocycles. The highest BCUT2D eigenvalue weighted by atomic mass is 16.5. The van der Waals surface area contributed by atoms with Gasteiger partial charge in [-0.05, 0) is 45.3 Å². The summed E-state index contributed by atoms with van der Waals surface area (Å²) in [7, 11) is 8.41. The Balaban J connectivity index is 2.19. The lowest BCUT2D eigenvalue weighted by Crippen LogP contribution is -2.32. The zero-order valence-electron chi connectivity index (χ0n) is 19.6. The third kappa shape index (κ3) is 4.80. The number of para-hydroxylation sites is 1. The van der Waals surface area contributed by atoms with Gasteiger partial charge in [-0.2, -0.15) is 0 Å². The molecule has 0 aliphatic carbocycles. The number of amides is 1. The van der Waals surface area contributed by atoms with Crippen LogP contribution in [0.15, 0.2) is 48.0 Å². The number of hydrogen-bond donors (Lipinski definition) is 1. The molecule has 1 fully saturated rings. The van der Waals surface area contributed by atoms with E-state index in [1.165, 1.54) is 26.2 Å². The number of Topliss-reactive ketones (excluding diaryl/α,β-unsaturated/α-hetero) is 1. The van der Waals surface area contributed by atoms with Crippen molar-refractivity contribution < 1.29 is 28.9 Å². The molecule has 176 valence electrons. The first-order valence-corrected chi connectivity index (χ1v) is 10.6. The van der Waals surface area contributed by atoms with E-state index in [0.717, 1.165) is 6.54 Å². The Kier molecular flexibility index (Phi) is 7.60. The maximum atomic E-state index is 13.2. The van der Waals surface area contributed by atoms with E-state index in [4.69, 9.17) is 14.2 Å². The molecular formula is C25H30N2O6. The number of benzene rings is 2. The fourth-order valence-electron chi connectivity index (χ4n) is 4.02. The smallest absolute Gasteiger partial charge is 0.295 e. The summed E-state index contributed by atoms with van der Waals surface area (Å²) < 4.78 is 16.2. The van der Waals surface area contributed by atoms with Crippen LogP contribution in [0.3, 0.4) is 0 Å². The van der Waals surface area contributed by atoms with Crippen LogP contribution >= 0.6 is 0 Å². The SMILES string of the molecule is COc1ccc(C(O)=C2C(=O)C(=O)N(CCCN(C)C)C2c2ccccc2OC)c(OC)c1. The lowest BCUT2D eigenvalue weighted by atomic mass is 9.94. The van der Waals surface area contributed by atoms with Crippen LogP contribution in [0.2, 0.25) is 0 Å². The first kappa shape index (κ1) is 24.1. The van der Waals surface area contributed by atoms with Crippen molar-refractivity contribution in [2.24, 2.45) is 0 Å². The van der Waals surface area contributed by atoms with Crippen molar-refractivity contribution in [1.82, 2.24) is 9.80 Å². The van der Waals surface area contributed by atoms with Gasteiger partial charge in [-0.1, -0.05) is 18.2 Å². The molecule has 1 amide bonds. The topological polar surface area (TPSA) is 88.5 Å². The van der Waals surface area contributed by atoms with Gasteiger partial charge in [0.25, 0.3) is 11.7 Å². The molecule has 0 saturated carbocycles. The van der Waals surface area contributed by atoms with Gasteiger partial charge < -0.3 is 29.1 Å². The average Bonchev–Trinajstić information content (AvgIpc) is 3.07. The highest BCUT2D eigenvalue weighted by molar-refractivity contribution is 6.46. The second kappa shape index (κ2) is 10.4. The molecule has 2 aromatic rings. The van der Waals surface area contributed by atoms with Crippen molar-refractivity contribution in [3.63, 3.8) is 0 Å². The number of rotatable bonds is 9. The number of methoxy groups -OCH3 is 3. The first-order valence-electron chi connectivity index (χ1n) is 10.6. The molecule has 1 aliphatic rings. The van der Waals surface area contributed by atoms with E-state index in [1.807, 2.05) is 31.1 Å². The molecule has 1 N–H and O–H groups in total. The van der Waals surface area contributed by atoms with Crippen molar-refractivity contribution in [2.75, 3.05) is 48.5 Å². The third-order valence-corrected chi connectivity index (χ3v) is 5.64. The van der Waals surface area contributed by atoms with Gasteiger partial charge in [0.05, 0.1) is 38.5 Å². The van der Waals surface area contributed by atoms with E-state index < -0.39 is 17.7 Å². The van der Waals surface area contributed by atoms with E-state index in [1.54, 1.807) is 30.3 Å². The summed E-state index contributed by atoms with van der Waals surface area (Å²) in [4.78, 5) is 29.8. The van der Waals surface area contributed by atoms with E-state index >= 15 is 0 Å². The Bertz CT molecular complexity index is 1060. The second-order valence-corrected chi connectivity index (χ2v) is 7.96. The lowest BCUT2D eigenvalue weighted by Gasteiger charge is -2.27. The number of carbonyl (C=O) groups is 2.